The summed E-state index contributed by atoms with van der Waals surface area (Å²) < 4.78 is 7.66. The number of carbonyl (C=O) groups excluding carboxylic acids is 1. The van der Waals surface area contributed by atoms with Crippen LogP contribution in [-0.4, -0.2) is 33.4 Å². The van der Waals surface area contributed by atoms with Gasteiger partial charge in [-0.3, -0.25) is 19.7 Å². The summed E-state index contributed by atoms with van der Waals surface area (Å²) in [6.45, 7) is 3.55. The predicted molar refractivity (Wildman–Crippen MR) is 113 cm³/mol. The highest BCUT2D eigenvalue weighted by atomic mass is 16.6. The summed E-state index contributed by atoms with van der Waals surface area (Å²) in [5, 5.41) is 10.9. The molecule has 8 nitrogen and oxygen atoms in total. The topological polar surface area (TPSA) is 98.6 Å². The Morgan fingerprint density at radius 3 is 2.65 bits per heavy atom. The van der Waals surface area contributed by atoms with E-state index in [1.165, 1.54) is 12.1 Å². The Labute approximate surface area is 177 Å². The number of aromatic nitrogens is 1. The predicted octanol–water partition coefficient (Wildman–Crippen LogP) is 3.58. The third kappa shape index (κ3) is 3.34. The number of piperidine rings is 1. The van der Waals surface area contributed by atoms with E-state index in [9.17, 15) is 19.7 Å². The molecular formula is C23H21N3O5. The largest absolute Gasteiger partial charge is 0.461 e. The molecule has 1 amide bonds. The number of non-ortho nitro benzene ring substituents is 1. The molecule has 2 atom stereocenters. The van der Waals surface area contributed by atoms with E-state index >= 15 is 0 Å². The Morgan fingerprint density at radius 2 is 1.90 bits per heavy atom. The van der Waals surface area contributed by atoms with Crippen molar-refractivity contribution >= 4 is 11.6 Å². The number of pyridine rings is 1. The highest BCUT2D eigenvalue weighted by Gasteiger charge is 2.37. The van der Waals surface area contributed by atoms with E-state index < -0.39 is 4.92 Å². The van der Waals surface area contributed by atoms with Crippen molar-refractivity contribution < 1.29 is 14.1 Å². The summed E-state index contributed by atoms with van der Waals surface area (Å²) in [5.41, 5.74) is 2.19. The molecule has 31 heavy (non-hydrogen) atoms. The monoisotopic (exact) mass is 419 g/mol. The normalized spacial score (nSPS) is 19.7. The fraction of sp³-hybridized carbons (Fsp3) is 0.304. The lowest BCUT2D eigenvalue weighted by atomic mass is 9.83. The van der Waals surface area contributed by atoms with Crippen molar-refractivity contribution in [3.63, 3.8) is 0 Å². The van der Waals surface area contributed by atoms with E-state index in [1.807, 2.05) is 15.5 Å². The second kappa shape index (κ2) is 7.23. The van der Waals surface area contributed by atoms with Gasteiger partial charge in [0.15, 0.2) is 0 Å². The molecule has 0 radical (unpaired) electrons. The molecule has 0 N–H and O–H groups in total. The second-order valence-electron chi connectivity index (χ2n) is 8.29. The quantitative estimate of drug-likeness (QED) is 0.477. The minimum absolute atomic E-state index is 0.00238. The van der Waals surface area contributed by atoms with Crippen LogP contribution in [0.1, 0.15) is 34.2 Å². The van der Waals surface area contributed by atoms with Crippen LogP contribution < -0.4 is 5.56 Å². The number of carbonyl (C=O) groups is 1. The van der Waals surface area contributed by atoms with Crippen molar-refractivity contribution in [1.29, 1.82) is 0 Å². The number of hydrogen-bond acceptors (Lipinski definition) is 5. The van der Waals surface area contributed by atoms with Gasteiger partial charge in [0.2, 0.25) is 0 Å². The van der Waals surface area contributed by atoms with E-state index in [-0.39, 0.29) is 29.0 Å². The molecule has 5 rings (SSSR count). The molecule has 1 saturated heterocycles. The minimum Gasteiger partial charge on any atom is -0.461 e. The van der Waals surface area contributed by atoms with Crippen molar-refractivity contribution in [1.82, 2.24) is 9.47 Å². The summed E-state index contributed by atoms with van der Waals surface area (Å²) in [6.07, 6.45) is 0.978. The molecule has 0 aliphatic carbocycles. The lowest BCUT2D eigenvalue weighted by Gasteiger charge is -2.42. The second-order valence-corrected chi connectivity index (χ2v) is 8.29. The number of amides is 1. The van der Waals surface area contributed by atoms with Crippen molar-refractivity contribution in [3.05, 3.63) is 86.0 Å². The first kappa shape index (κ1) is 19.3. The van der Waals surface area contributed by atoms with E-state index in [4.69, 9.17) is 4.42 Å². The molecule has 1 aromatic carbocycles. The van der Waals surface area contributed by atoms with Crippen LogP contribution in [0.3, 0.4) is 0 Å². The number of nitrogens with zero attached hydrogens (tertiary/aromatic N) is 3. The van der Waals surface area contributed by atoms with Crippen molar-refractivity contribution in [3.8, 4) is 11.3 Å². The Balaban J connectivity index is 1.40. The summed E-state index contributed by atoms with van der Waals surface area (Å²) >= 11 is 0. The van der Waals surface area contributed by atoms with Crippen LogP contribution in [0.15, 0.2) is 57.7 Å². The molecule has 3 aromatic rings. The van der Waals surface area contributed by atoms with Crippen LogP contribution in [0.25, 0.3) is 11.3 Å². The molecule has 2 aromatic heterocycles. The van der Waals surface area contributed by atoms with Crippen LogP contribution in [0.5, 0.6) is 0 Å². The molecular weight excluding hydrogens is 398 g/mol. The van der Waals surface area contributed by atoms with Crippen LogP contribution in [-0.2, 0) is 6.54 Å². The van der Waals surface area contributed by atoms with Gasteiger partial charge in [-0.1, -0.05) is 6.07 Å². The Hall–Kier alpha value is -3.68. The first-order chi connectivity index (χ1) is 14.9. The third-order valence-electron chi connectivity index (χ3n) is 6.28. The molecule has 8 heteroatoms. The lowest BCUT2D eigenvalue weighted by Crippen LogP contribution is -2.49. The molecule has 0 spiro atoms. The molecule has 158 valence electrons. The first-order valence-electron chi connectivity index (χ1n) is 10.2. The van der Waals surface area contributed by atoms with Crippen LogP contribution >= 0.6 is 0 Å². The van der Waals surface area contributed by atoms with Gasteiger partial charge in [0.05, 0.1) is 10.5 Å². The molecule has 4 heterocycles. The first-order valence-corrected chi connectivity index (χ1v) is 10.2. The Morgan fingerprint density at radius 1 is 1.13 bits per heavy atom. The number of fused-ring (bicyclic) bond motifs is 4. The van der Waals surface area contributed by atoms with E-state index in [0.29, 0.717) is 42.3 Å². The number of rotatable bonds is 3. The Bertz CT molecular complexity index is 1240. The van der Waals surface area contributed by atoms with Gasteiger partial charge >= 0.3 is 0 Å². The van der Waals surface area contributed by atoms with Gasteiger partial charge in [-0.2, -0.15) is 0 Å². The zero-order valence-corrected chi connectivity index (χ0v) is 17.0. The number of hydrogen-bond donors (Lipinski definition) is 0. The highest BCUT2D eigenvalue weighted by Crippen LogP contribution is 2.36. The summed E-state index contributed by atoms with van der Waals surface area (Å²) in [6, 6.07) is 13.1. The van der Waals surface area contributed by atoms with Crippen molar-refractivity contribution in [2.24, 2.45) is 5.92 Å². The number of nitro benzene ring substituents is 1. The molecule has 2 aliphatic heterocycles. The fourth-order valence-corrected chi connectivity index (χ4v) is 4.82. The fourth-order valence-electron chi connectivity index (χ4n) is 4.82. The van der Waals surface area contributed by atoms with Crippen molar-refractivity contribution in [2.75, 3.05) is 13.1 Å². The van der Waals surface area contributed by atoms with Gasteiger partial charge in [-0.25, -0.2) is 0 Å². The van der Waals surface area contributed by atoms with E-state index in [1.54, 1.807) is 37.3 Å². The van der Waals surface area contributed by atoms with Gasteiger partial charge in [0, 0.05) is 55.0 Å². The minimum atomic E-state index is -0.453. The average Bonchev–Trinajstić information content (AvgIpc) is 3.15. The summed E-state index contributed by atoms with van der Waals surface area (Å²) in [4.78, 5) is 37.8. The molecule has 2 aliphatic rings. The maximum atomic E-state index is 13.3. The zero-order valence-electron chi connectivity index (χ0n) is 17.0. The average molecular weight is 419 g/mol. The van der Waals surface area contributed by atoms with E-state index in [2.05, 4.69) is 0 Å². The number of aryl methyl sites for hydroxylation is 1. The SMILES string of the molecule is Cc1oc(-c2ccc([N+](=O)[O-])cc2)cc1C(=O)N1CC2CC(C1)c1cccc(=O)n1C2. The standard InChI is InChI=1S/C23H21N3O5/c1-14-19(10-21(31-14)16-5-7-18(8-6-16)26(29)30)23(28)24-11-15-9-17(13-24)20-3-2-4-22(27)25(20)12-15/h2-8,10,15,17H,9,11-13H2,1H3. The summed E-state index contributed by atoms with van der Waals surface area (Å²) in [7, 11) is 0. The van der Waals surface area contributed by atoms with Crippen LogP contribution in [0.4, 0.5) is 5.69 Å². The number of furan rings is 1. The molecule has 2 unspecified atom stereocenters. The van der Waals surface area contributed by atoms with Gasteiger partial charge in [-0.15, -0.1) is 0 Å². The third-order valence-corrected chi connectivity index (χ3v) is 6.28. The van der Waals surface area contributed by atoms with E-state index in [0.717, 1.165) is 12.1 Å². The van der Waals surface area contributed by atoms with Gasteiger partial charge in [0.25, 0.3) is 17.2 Å². The van der Waals surface area contributed by atoms with Gasteiger partial charge in [0.1, 0.15) is 11.5 Å². The number of benzene rings is 1. The molecule has 0 saturated carbocycles. The maximum Gasteiger partial charge on any atom is 0.269 e. The maximum absolute atomic E-state index is 13.3. The van der Waals surface area contributed by atoms with Crippen LogP contribution in [0, 0.1) is 23.0 Å². The number of nitro groups is 1. The molecule has 1 fully saturated rings. The molecule has 2 bridgehead atoms. The smallest absolute Gasteiger partial charge is 0.269 e. The zero-order chi connectivity index (χ0) is 21.7. The Kier molecular flexibility index (Phi) is 4.50. The van der Waals surface area contributed by atoms with Gasteiger partial charge in [-0.05, 0) is 43.5 Å². The lowest BCUT2D eigenvalue weighted by molar-refractivity contribution is -0.384. The van der Waals surface area contributed by atoms with Gasteiger partial charge < -0.3 is 13.9 Å². The van der Waals surface area contributed by atoms with Crippen LogP contribution in [0.2, 0.25) is 0 Å². The number of likely N-dealkylation sites (tertiary alicyclic amines) is 1. The highest BCUT2D eigenvalue weighted by molar-refractivity contribution is 5.96. The van der Waals surface area contributed by atoms with Crippen molar-refractivity contribution in [2.45, 2.75) is 25.8 Å². The summed E-state index contributed by atoms with van der Waals surface area (Å²) in [5.74, 6) is 1.33.